The Labute approximate surface area is 120 Å². The summed E-state index contributed by atoms with van der Waals surface area (Å²) in [6.07, 6.45) is 0.315. The minimum absolute atomic E-state index is 0.0826. The number of benzene rings is 1. The average molecular weight is 298 g/mol. The Morgan fingerprint density at radius 1 is 1.29 bits per heavy atom. The molecule has 1 aromatic rings. The van der Waals surface area contributed by atoms with E-state index in [-0.39, 0.29) is 19.4 Å². The lowest BCUT2D eigenvalue weighted by Crippen LogP contribution is -2.60. The Balaban J connectivity index is 1.96. The standard InChI is InChI=1S/C14H16F2N2O3/c15-14(16,13(21)6-1-7-13)12(20)18-8-9-2-4-10(5-3-9)11(17)19/h2-5,21H,1,6-8H2,(H2,17,19)(H,18,20). The molecule has 0 aromatic heterocycles. The zero-order valence-corrected chi connectivity index (χ0v) is 11.2. The van der Waals surface area contributed by atoms with Crippen LogP contribution in [0.15, 0.2) is 24.3 Å². The third-order valence-electron chi connectivity index (χ3n) is 3.74. The molecule has 0 unspecified atom stereocenters. The smallest absolute Gasteiger partial charge is 0.352 e. The van der Waals surface area contributed by atoms with E-state index in [1.165, 1.54) is 24.3 Å². The fourth-order valence-corrected chi connectivity index (χ4v) is 2.12. The van der Waals surface area contributed by atoms with Crippen molar-refractivity contribution in [3.8, 4) is 0 Å². The molecule has 0 spiro atoms. The van der Waals surface area contributed by atoms with Crippen LogP contribution in [-0.4, -0.2) is 28.4 Å². The monoisotopic (exact) mass is 298 g/mol. The molecule has 7 heteroatoms. The van der Waals surface area contributed by atoms with Crippen LogP contribution in [0.3, 0.4) is 0 Å². The molecule has 0 radical (unpaired) electrons. The highest BCUT2D eigenvalue weighted by Crippen LogP contribution is 2.44. The first kappa shape index (κ1) is 15.4. The Hall–Kier alpha value is -2.02. The minimum atomic E-state index is -3.81. The molecule has 0 atom stereocenters. The minimum Gasteiger partial charge on any atom is -0.383 e. The lowest BCUT2D eigenvalue weighted by molar-refractivity contribution is -0.216. The molecule has 1 aliphatic carbocycles. The van der Waals surface area contributed by atoms with Crippen LogP contribution in [0.4, 0.5) is 8.78 Å². The molecule has 114 valence electrons. The number of hydrogen-bond acceptors (Lipinski definition) is 3. The second-order valence-corrected chi connectivity index (χ2v) is 5.20. The number of alkyl halides is 2. The van der Waals surface area contributed by atoms with Crippen LogP contribution < -0.4 is 11.1 Å². The van der Waals surface area contributed by atoms with Gasteiger partial charge in [-0.15, -0.1) is 0 Å². The quantitative estimate of drug-likeness (QED) is 0.755. The van der Waals surface area contributed by atoms with Gasteiger partial charge in [0.1, 0.15) is 5.60 Å². The summed E-state index contributed by atoms with van der Waals surface area (Å²) >= 11 is 0. The van der Waals surface area contributed by atoms with Crippen molar-refractivity contribution in [1.29, 1.82) is 0 Å². The number of carbonyl (C=O) groups excluding carboxylic acids is 2. The fourth-order valence-electron chi connectivity index (χ4n) is 2.12. The number of rotatable bonds is 5. The maximum absolute atomic E-state index is 13.8. The highest BCUT2D eigenvalue weighted by atomic mass is 19.3. The van der Waals surface area contributed by atoms with Gasteiger partial charge < -0.3 is 16.2 Å². The SMILES string of the molecule is NC(=O)c1ccc(CNC(=O)C(F)(F)C2(O)CCC2)cc1. The molecule has 1 fully saturated rings. The van der Waals surface area contributed by atoms with E-state index in [4.69, 9.17) is 5.73 Å². The van der Waals surface area contributed by atoms with E-state index in [9.17, 15) is 23.5 Å². The van der Waals surface area contributed by atoms with Crippen molar-refractivity contribution in [3.63, 3.8) is 0 Å². The number of carbonyl (C=O) groups is 2. The van der Waals surface area contributed by atoms with Gasteiger partial charge in [0.15, 0.2) is 0 Å². The van der Waals surface area contributed by atoms with E-state index in [2.05, 4.69) is 5.32 Å². The van der Waals surface area contributed by atoms with E-state index in [0.29, 0.717) is 17.5 Å². The molecular formula is C14H16F2N2O3. The van der Waals surface area contributed by atoms with Gasteiger partial charge >= 0.3 is 5.92 Å². The summed E-state index contributed by atoms with van der Waals surface area (Å²) < 4.78 is 27.6. The Morgan fingerprint density at radius 2 is 1.86 bits per heavy atom. The Kier molecular flexibility index (Phi) is 3.95. The number of primary amides is 1. The third kappa shape index (κ3) is 2.87. The predicted octanol–water partition coefficient (Wildman–Crippen LogP) is 0.952. The maximum Gasteiger partial charge on any atom is 0.352 e. The maximum atomic E-state index is 13.8. The van der Waals surface area contributed by atoms with Crippen molar-refractivity contribution in [2.75, 3.05) is 0 Å². The summed E-state index contributed by atoms with van der Waals surface area (Å²) in [5, 5.41) is 11.7. The number of halogens is 2. The third-order valence-corrected chi connectivity index (χ3v) is 3.74. The second kappa shape index (κ2) is 5.40. The highest BCUT2D eigenvalue weighted by molar-refractivity contribution is 5.92. The van der Waals surface area contributed by atoms with Crippen molar-refractivity contribution in [2.45, 2.75) is 37.3 Å². The summed E-state index contributed by atoms with van der Waals surface area (Å²) in [6, 6.07) is 5.91. The molecule has 0 heterocycles. The first-order valence-corrected chi connectivity index (χ1v) is 6.53. The molecular weight excluding hydrogens is 282 g/mol. The lowest BCUT2D eigenvalue weighted by atomic mass is 9.75. The number of amides is 2. The number of nitrogens with two attached hydrogens (primary N) is 1. The number of nitrogens with one attached hydrogen (secondary N) is 1. The van der Waals surface area contributed by atoms with Crippen LogP contribution in [0.25, 0.3) is 0 Å². The van der Waals surface area contributed by atoms with E-state index >= 15 is 0 Å². The van der Waals surface area contributed by atoms with Gasteiger partial charge in [0.2, 0.25) is 5.91 Å². The zero-order valence-electron chi connectivity index (χ0n) is 11.2. The molecule has 2 rings (SSSR count). The molecule has 2 amide bonds. The summed E-state index contributed by atoms with van der Waals surface area (Å²) in [5.74, 6) is -5.90. The topological polar surface area (TPSA) is 92.4 Å². The van der Waals surface area contributed by atoms with E-state index in [0.717, 1.165) is 0 Å². The molecule has 1 aliphatic rings. The van der Waals surface area contributed by atoms with Crippen molar-refractivity contribution in [3.05, 3.63) is 35.4 Å². The van der Waals surface area contributed by atoms with Gasteiger partial charge in [0.05, 0.1) is 0 Å². The molecule has 0 bridgehead atoms. The van der Waals surface area contributed by atoms with E-state index < -0.39 is 23.3 Å². The van der Waals surface area contributed by atoms with Gasteiger partial charge in [-0.2, -0.15) is 8.78 Å². The fraction of sp³-hybridized carbons (Fsp3) is 0.429. The first-order chi connectivity index (χ1) is 9.76. The second-order valence-electron chi connectivity index (χ2n) is 5.20. The summed E-state index contributed by atoms with van der Waals surface area (Å²) in [4.78, 5) is 22.4. The Morgan fingerprint density at radius 3 is 2.29 bits per heavy atom. The number of aliphatic hydroxyl groups is 1. The molecule has 0 aliphatic heterocycles. The number of hydrogen-bond donors (Lipinski definition) is 3. The van der Waals surface area contributed by atoms with Crippen LogP contribution in [-0.2, 0) is 11.3 Å². The summed E-state index contributed by atoms with van der Waals surface area (Å²) in [6.45, 7) is -0.121. The van der Waals surface area contributed by atoms with Crippen LogP contribution in [0.1, 0.15) is 35.2 Å². The molecule has 4 N–H and O–H groups in total. The van der Waals surface area contributed by atoms with Crippen LogP contribution in [0.5, 0.6) is 0 Å². The van der Waals surface area contributed by atoms with Gasteiger partial charge in [-0.3, -0.25) is 9.59 Å². The lowest BCUT2D eigenvalue weighted by Gasteiger charge is -2.41. The first-order valence-electron chi connectivity index (χ1n) is 6.53. The van der Waals surface area contributed by atoms with Crippen molar-refractivity contribution >= 4 is 11.8 Å². The summed E-state index contributed by atoms with van der Waals surface area (Å²) in [5.41, 5.74) is 3.68. The highest BCUT2D eigenvalue weighted by Gasteiger charge is 2.61. The van der Waals surface area contributed by atoms with Gasteiger partial charge in [-0.05, 0) is 37.0 Å². The van der Waals surface area contributed by atoms with Crippen molar-refractivity contribution in [2.24, 2.45) is 5.73 Å². The van der Waals surface area contributed by atoms with Gasteiger partial charge in [-0.25, -0.2) is 0 Å². The molecule has 5 nitrogen and oxygen atoms in total. The van der Waals surface area contributed by atoms with Crippen LogP contribution >= 0.6 is 0 Å². The predicted molar refractivity (Wildman–Crippen MR) is 70.6 cm³/mol. The molecule has 21 heavy (non-hydrogen) atoms. The normalized spacial score (nSPS) is 16.9. The largest absolute Gasteiger partial charge is 0.383 e. The molecule has 0 saturated heterocycles. The van der Waals surface area contributed by atoms with E-state index in [1.807, 2.05) is 0 Å². The van der Waals surface area contributed by atoms with Gasteiger partial charge in [0, 0.05) is 12.1 Å². The van der Waals surface area contributed by atoms with Crippen molar-refractivity contribution in [1.82, 2.24) is 5.32 Å². The summed E-state index contributed by atoms with van der Waals surface area (Å²) in [7, 11) is 0. The van der Waals surface area contributed by atoms with Gasteiger partial charge in [-0.1, -0.05) is 12.1 Å². The van der Waals surface area contributed by atoms with E-state index in [1.54, 1.807) is 0 Å². The van der Waals surface area contributed by atoms with Crippen LogP contribution in [0.2, 0.25) is 0 Å². The Bertz CT molecular complexity index is 554. The molecule has 1 aromatic carbocycles. The van der Waals surface area contributed by atoms with Gasteiger partial charge in [0.25, 0.3) is 5.91 Å². The zero-order chi connectivity index (χ0) is 15.7. The van der Waals surface area contributed by atoms with Crippen molar-refractivity contribution < 1.29 is 23.5 Å². The average Bonchev–Trinajstić information content (AvgIpc) is 2.42. The van der Waals surface area contributed by atoms with Crippen LogP contribution in [0, 0.1) is 0 Å². The molecule has 1 saturated carbocycles.